The van der Waals surface area contributed by atoms with E-state index in [1.165, 1.54) is 5.56 Å². The van der Waals surface area contributed by atoms with E-state index in [9.17, 15) is 10.1 Å². The molecule has 0 aliphatic heterocycles. The zero-order valence-corrected chi connectivity index (χ0v) is 13.0. The van der Waals surface area contributed by atoms with E-state index in [-0.39, 0.29) is 10.6 Å². The third-order valence-corrected chi connectivity index (χ3v) is 3.88. The van der Waals surface area contributed by atoms with Gasteiger partial charge in [0.1, 0.15) is 5.69 Å². The van der Waals surface area contributed by atoms with Gasteiger partial charge in [-0.15, -0.1) is 0 Å². The lowest BCUT2D eigenvalue weighted by Gasteiger charge is -2.18. The predicted octanol–water partition coefficient (Wildman–Crippen LogP) is 3.72. The summed E-state index contributed by atoms with van der Waals surface area (Å²) in [5, 5.41) is 18.4. The number of para-hydroxylation sites is 1. The zero-order chi connectivity index (χ0) is 15.2. The lowest BCUT2D eigenvalue weighted by atomic mass is 10.1. The second-order valence-electron chi connectivity index (χ2n) is 4.90. The molecule has 0 saturated heterocycles. The second-order valence-corrected chi connectivity index (χ2v) is 5.68. The monoisotopic (exact) mass is 305 g/mol. The summed E-state index contributed by atoms with van der Waals surface area (Å²) in [5.74, 6) is 0. The molecular weight excluding hydrogens is 286 g/mol. The quantitative estimate of drug-likeness (QED) is 0.625. The first kappa shape index (κ1) is 15.5. The van der Waals surface area contributed by atoms with Gasteiger partial charge in [-0.25, -0.2) is 0 Å². The molecule has 0 aliphatic rings. The van der Waals surface area contributed by atoms with E-state index in [0.29, 0.717) is 18.8 Å². The largest absolute Gasteiger partial charge is 0.380 e. The molecule has 0 atom stereocenters. The van der Waals surface area contributed by atoms with Crippen molar-refractivity contribution in [3.8, 4) is 0 Å². The number of rotatable bonds is 7. The van der Waals surface area contributed by atoms with Gasteiger partial charge in [-0.2, -0.15) is 11.3 Å². The Hall–Kier alpha value is -1.92. The van der Waals surface area contributed by atoms with E-state index >= 15 is 0 Å². The van der Waals surface area contributed by atoms with Crippen molar-refractivity contribution in [1.82, 2.24) is 4.90 Å². The molecule has 0 spiro atoms. The fourth-order valence-electron chi connectivity index (χ4n) is 2.29. The number of benzene rings is 1. The van der Waals surface area contributed by atoms with Gasteiger partial charge in [-0.3, -0.25) is 15.0 Å². The maximum Gasteiger partial charge on any atom is 0.292 e. The standard InChI is InChI=1S/C15H19N3O2S/c1-3-16-15-13(5-4-6-14(15)18(19)20)10-17(2)9-12-7-8-21-11-12/h4-8,11,16H,3,9-10H2,1-2H3. The van der Waals surface area contributed by atoms with Crippen molar-refractivity contribution in [2.24, 2.45) is 0 Å². The number of nitrogens with one attached hydrogen (secondary N) is 1. The summed E-state index contributed by atoms with van der Waals surface area (Å²) in [7, 11) is 2.02. The molecule has 0 saturated carbocycles. The fraction of sp³-hybridized carbons (Fsp3) is 0.333. The maximum atomic E-state index is 11.1. The minimum Gasteiger partial charge on any atom is -0.380 e. The summed E-state index contributed by atoms with van der Waals surface area (Å²) in [6.07, 6.45) is 0. The van der Waals surface area contributed by atoms with Crippen LogP contribution in [0.4, 0.5) is 11.4 Å². The molecule has 5 nitrogen and oxygen atoms in total. The number of nitrogens with zero attached hydrogens (tertiary/aromatic N) is 2. The molecule has 0 fully saturated rings. The normalized spacial score (nSPS) is 10.8. The number of hydrogen-bond donors (Lipinski definition) is 1. The average Bonchev–Trinajstić information content (AvgIpc) is 2.93. The van der Waals surface area contributed by atoms with Crippen LogP contribution in [0.1, 0.15) is 18.1 Å². The Labute approximate surface area is 128 Å². The van der Waals surface area contributed by atoms with Crippen molar-refractivity contribution >= 4 is 22.7 Å². The Morgan fingerprint density at radius 1 is 1.33 bits per heavy atom. The molecule has 2 aromatic rings. The highest BCUT2D eigenvalue weighted by Crippen LogP contribution is 2.29. The summed E-state index contributed by atoms with van der Waals surface area (Å²) in [4.78, 5) is 13.0. The summed E-state index contributed by atoms with van der Waals surface area (Å²) in [5.41, 5.74) is 2.97. The van der Waals surface area contributed by atoms with Crippen molar-refractivity contribution in [1.29, 1.82) is 0 Å². The maximum absolute atomic E-state index is 11.1. The van der Waals surface area contributed by atoms with Crippen molar-refractivity contribution in [2.75, 3.05) is 18.9 Å². The van der Waals surface area contributed by atoms with Crippen LogP contribution in [0.5, 0.6) is 0 Å². The topological polar surface area (TPSA) is 58.4 Å². The minimum absolute atomic E-state index is 0.137. The number of thiophene rings is 1. The van der Waals surface area contributed by atoms with Crippen molar-refractivity contribution < 1.29 is 4.92 Å². The Morgan fingerprint density at radius 3 is 2.76 bits per heavy atom. The van der Waals surface area contributed by atoms with Crippen LogP contribution in [-0.2, 0) is 13.1 Å². The van der Waals surface area contributed by atoms with Gasteiger partial charge in [0.25, 0.3) is 5.69 Å². The van der Waals surface area contributed by atoms with Crippen LogP contribution in [0.3, 0.4) is 0 Å². The average molecular weight is 305 g/mol. The van der Waals surface area contributed by atoms with E-state index < -0.39 is 0 Å². The Bertz CT molecular complexity index is 599. The number of hydrogen-bond acceptors (Lipinski definition) is 5. The molecule has 0 aliphatic carbocycles. The second kappa shape index (κ2) is 7.19. The Kier molecular flexibility index (Phi) is 5.30. The summed E-state index contributed by atoms with van der Waals surface area (Å²) in [6, 6.07) is 7.32. The van der Waals surface area contributed by atoms with Gasteiger partial charge in [0.15, 0.2) is 0 Å². The minimum atomic E-state index is -0.333. The zero-order valence-electron chi connectivity index (χ0n) is 12.2. The van der Waals surface area contributed by atoms with Crippen molar-refractivity contribution in [3.05, 3.63) is 56.3 Å². The molecular formula is C15H19N3O2S. The first-order valence-corrected chi connectivity index (χ1v) is 7.76. The third kappa shape index (κ3) is 4.03. The van der Waals surface area contributed by atoms with E-state index in [4.69, 9.17) is 0 Å². The molecule has 112 valence electrons. The van der Waals surface area contributed by atoms with E-state index in [1.54, 1.807) is 23.5 Å². The summed E-state index contributed by atoms with van der Waals surface area (Å²) >= 11 is 1.68. The van der Waals surface area contributed by atoms with Gasteiger partial charge < -0.3 is 5.32 Å². The van der Waals surface area contributed by atoms with Crippen LogP contribution in [0.25, 0.3) is 0 Å². The SMILES string of the molecule is CCNc1c(CN(C)Cc2ccsc2)cccc1[N+](=O)[O-]. The predicted molar refractivity (Wildman–Crippen MR) is 86.8 cm³/mol. The Balaban J connectivity index is 2.18. The molecule has 1 aromatic carbocycles. The van der Waals surface area contributed by atoms with Gasteiger partial charge >= 0.3 is 0 Å². The van der Waals surface area contributed by atoms with Crippen LogP contribution >= 0.6 is 11.3 Å². The summed E-state index contributed by atoms with van der Waals surface area (Å²) in [6.45, 7) is 4.10. The van der Waals surface area contributed by atoms with Crippen LogP contribution in [-0.4, -0.2) is 23.4 Å². The number of anilines is 1. The van der Waals surface area contributed by atoms with Crippen LogP contribution in [0, 0.1) is 10.1 Å². The lowest BCUT2D eigenvalue weighted by Crippen LogP contribution is -2.18. The van der Waals surface area contributed by atoms with Crippen LogP contribution < -0.4 is 5.32 Å². The number of nitro groups is 1. The third-order valence-electron chi connectivity index (χ3n) is 3.15. The van der Waals surface area contributed by atoms with E-state index in [0.717, 1.165) is 12.1 Å². The Morgan fingerprint density at radius 2 is 2.14 bits per heavy atom. The lowest BCUT2D eigenvalue weighted by molar-refractivity contribution is -0.384. The molecule has 21 heavy (non-hydrogen) atoms. The van der Waals surface area contributed by atoms with Crippen molar-refractivity contribution in [2.45, 2.75) is 20.0 Å². The summed E-state index contributed by atoms with van der Waals surface area (Å²) < 4.78 is 0. The molecule has 0 radical (unpaired) electrons. The highest BCUT2D eigenvalue weighted by molar-refractivity contribution is 7.07. The molecule has 0 amide bonds. The number of nitro benzene ring substituents is 1. The molecule has 1 heterocycles. The highest BCUT2D eigenvalue weighted by Gasteiger charge is 2.17. The molecule has 1 N–H and O–H groups in total. The molecule has 0 bridgehead atoms. The van der Waals surface area contributed by atoms with Crippen LogP contribution in [0.15, 0.2) is 35.0 Å². The molecule has 1 aromatic heterocycles. The first-order valence-electron chi connectivity index (χ1n) is 6.81. The fourth-order valence-corrected chi connectivity index (χ4v) is 2.95. The first-order chi connectivity index (χ1) is 10.1. The van der Waals surface area contributed by atoms with E-state index in [1.807, 2.05) is 20.0 Å². The van der Waals surface area contributed by atoms with Gasteiger partial charge in [-0.05, 0) is 41.9 Å². The smallest absolute Gasteiger partial charge is 0.292 e. The van der Waals surface area contributed by atoms with E-state index in [2.05, 4.69) is 27.0 Å². The highest BCUT2D eigenvalue weighted by atomic mass is 32.1. The van der Waals surface area contributed by atoms with Gasteiger partial charge in [0, 0.05) is 25.7 Å². The molecule has 6 heteroatoms. The molecule has 2 rings (SSSR count). The van der Waals surface area contributed by atoms with Crippen LogP contribution in [0.2, 0.25) is 0 Å². The van der Waals surface area contributed by atoms with Crippen molar-refractivity contribution in [3.63, 3.8) is 0 Å². The van der Waals surface area contributed by atoms with Gasteiger partial charge in [-0.1, -0.05) is 12.1 Å². The van der Waals surface area contributed by atoms with Gasteiger partial charge in [0.05, 0.1) is 4.92 Å². The molecule has 0 unspecified atom stereocenters. The van der Waals surface area contributed by atoms with Gasteiger partial charge in [0.2, 0.25) is 0 Å².